The lowest BCUT2D eigenvalue weighted by molar-refractivity contribution is -0.136. The van der Waals surface area contributed by atoms with Crippen LogP contribution in [0.1, 0.15) is 31.0 Å². The highest BCUT2D eigenvalue weighted by atomic mass is 16.2. The number of carbonyl (C=O) groups excluding carboxylic acids is 2. The van der Waals surface area contributed by atoms with Crippen molar-refractivity contribution in [2.75, 3.05) is 25.0 Å². The van der Waals surface area contributed by atoms with Crippen LogP contribution in [0, 0.1) is 0 Å². The summed E-state index contributed by atoms with van der Waals surface area (Å²) in [5.74, 6) is 0.754. The van der Waals surface area contributed by atoms with E-state index in [-0.39, 0.29) is 11.8 Å². The Morgan fingerprint density at radius 3 is 2.79 bits per heavy atom. The summed E-state index contributed by atoms with van der Waals surface area (Å²) in [5, 5.41) is 2.95. The first-order valence-electron chi connectivity index (χ1n) is 9.68. The van der Waals surface area contributed by atoms with Gasteiger partial charge in [-0.25, -0.2) is 4.98 Å². The highest BCUT2D eigenvalue weighted by Crippen LogP contribution is 2.17. The monoisotopic (exact) mass is 381 g/mol. The largest absolute Gasteiger partial charge is 0.359 e. The topological polar surface area (TPSA) is 78.4 Å². The van der Waals surface area contributed by atoms with Crippen molar-refractivity contribution in [2.45, 2.75) is 38.8 Å². The Morgan fingerprint density at radius 1 is 1.25 bits per heavy atom. The van der Waals surface area contributed by atoms with Crippen molar-refractivity contribution in [3.63, 3.8) is 0 Å². The van der Waals surface area contributed by atoms with Gasteiger partial charge in [0, 0.05) is 63.2 Å². The predicted molar refractivity (Wildman–Crippen MR) is 108 cm³/mol. The molecule has 1 atom stereocenters. The Bertz CT molecular complexity index is 811. The van der Waals surface area contributed by atoms with Gasteiger partial charge in [-0.05, 0) is 31.5 Å². The number of nitrogens with zero attached hydrogens (tertiary/aromatic N) is 4. The van der Waals surface area contributed by atoms with Crippen molar-refractivity contribution in [3.8, 4) is 0 Å². The Labute approximate surface area is 165 Å². The fraction of sp³-hybridized carbons (Fsp3) is 0.429. The van der Waals surface area contributed by atoms with Crippen LogP contribution in [0.25, 0.3) is 0 Å². The molecule has 148 valence electrons. The Balaban J connectivity index is 1.58. The van der Waals surface area contributed by atoms with E-state index < -0.39 is 6.04 Å². The van der Waals surface area contributed by atoms with Gasteiger partial charge in [0.05, 0.1) is 0 Å². The lowest BCUT2D eigenvalue weighted by atomic mass is 10.2. The van der Waals surface area contributed by atoms with Gasteiger partial charge in [0.15, 0.2) is 0 Å². The SMILES string of the molecule is C[C@@H](C(=O)NCc1cccnc1N(C)CCc1ccccn1)N1CCCC1=O. The van der Waals surface area contributed by atoms with Crippen molar-refractivity contribution in [1.29, 1.82) is 0 Å². The average Bonchev–Trinajstić information content (AvgIpc) is 3.16. The molecule has 0 aromatic carbocycles. The Kier molecular flexibility index (Phi) is 6.57. The van der Waals surface area contributed by atoms with Gasteiger partial charge in [0.2, 0.25) is 11.8 Å². The van der Waals surface area contributed by atoms with Gasteiger partial charge in [0.1, 0.15) is 11.9 Å². The van der Waals surface area contributed by atoms with Gasteiger partial charge in [0.25, 0.3) is 0 Å². The minimum atomic E-state index is -0.447. The number of hydrogen-bond donors (Lipinski definition) is 1. The van der Waals surface area contributed by atoms with Crippen molar-refractivity contribution >= 4 is 17.6 Å². The fourth-order valence-corrected chi connectivity index (χ4v) is 3.40. The molecule has 0 unspecified atom stereocenters. The molecule has 3 heterocycles. The standard InChI is InChI=1S/C21H27N5O2/c1-16(26-13-6-9-19(26)27)21(28)24-15-17-7-5-12-23-20(17)25(2)14-10-18-8-3-4-11-22-18/h3-5,7-8,11-12,16H,6,9-10,13-15H2,1-2H3,(H,24,28)/t16-/m0/s1. The molecular weight excluding hydrogens is 354 g/mol. The molecule has 1 fully saturated rings. The van der Waals surface area contributed by atoms with Crippen LogP contribution in [0.15, 0.2) is 42.7 Å². The normalized spacial score (nSPS) is 14.8. The molecular formula is C21H27N5O2. The summed E-state index contributed by atoms with van der Waals surface area (Å²) in [6, 6.07) is 9.28. The van der Waals surface area contributed by atoms with Crippen LogP contribution in [0.5, 0.6) is 0 Å². The van der Waals surface area contributed by atoms with Crippen molar-refractivity contribution < 1.29 is 9.59 Å². The molecule has 2 aromatic rings. The van der Waals surface area contributed by atoms with Crippen LogP contribution in [-0.2, 0) is 22.6 Å². The minimum Gasteiger partial charge on any atom is -0.359 e. The molecule has 1 aliphatic rings. The summed E-state index contributed by atoms with van der Waals surface area (Å²) in [6.45, 7) is 3.58. The van der Waals surface area contributed by atoms with E-state index in [1.807, 2.05) is 37.4 Å². The summed E-state index contributed by atoms with van der Waals surface area (Å²) < 4.78 is 0. The zero-order valence-corrected chi connectivity index (χ0v) is 16.5. The van der Waals surface area contributed by atoms with Crippen LogP contribution in [0.3, 0.4) is 0 Å². The van der Waals surface area contributed by atoms with E-state index in [1.165, 1.54) is 0 Å². The van der Waals surface area contributed by atoms with Gasteiger partial charge in [-0.3, -0.25) is 14.6 Å². The first-order chi connectivity index (χ1) is 13.6. The second kappa shape index (κ2) is 9.30. The number of amides is 2. The third kappa shape index (κ3) is 4.85. The summed E-state index contributed by atoms with van der Waals surface area (Å²) in [5.41, 5.74) is 1.98. The van der Waals surface area contributed by atoms with E-state index in [4.69, 9.17) is 0 Å². The van der Waals surface area contributed by atoms with E-state index in [9.17, 15) is 9.59 Å². The van der Waals surface area contributed by atoms with Gasteiger partial charge < -0.3 is 15.1 Å². The van der Waals surface area contributed by atoms with Crippen LogP contribution in [-0.4, -0.2) is 52.9 Å². The van der Waals surface area contributed by atoms with E-state index in [1.54, 1.807) is 24.2 Å². The summed E-state index contributed by atoms with van der Waals surface area (Å²) >= 11 is 0. The maximum Gasteiger partial charge on any atom is 0.242 e. The number of anilines is 1. The third-order valence-corrected chi connectivity index (χ3v) is 5.07. The average molecular weight is 381 g/mol. The number of rotatable bonds is 8. The molecule has 0 aliphatic carbocycles. The lowest BCUT2D eigenvalue weighted by Gasteiger charge is -2.24. The number of nitrogens with one attached hydrogen (secondary N) is 1. The number of pyridine rings is 2. The molecule has 0 saturated carbocycles. The lowest BCUT2D eigenvalue weighted by Crippen LogP contribution is -2.45. The molecule has 2 aromatic heterocycles. The summed E-state index contributed by atoms with van der Waals surface area (Å²) in [4.78, 5) is 36.9. The van der Waals surface area contributed by atoms with Crippen molar-refractivity contribution in [2.24, 2.45) is 0 Å². The van der Waals surface area contributed by atoms with Crippen LogP contribution < -0.4 is 10.2 Å². The second-order valence-electron chi connectivity index (χ2n) is 7.06. The van der Waals surface area contributed by atoms with E-state index in [2.05, 4.69) is 20.2 Å². The Morgan fingerprint density at radius 2 is 2.07 bits per heavy atom. The number of aromatic nitrogens is 2. The minimum absolute atomic E-state index is 0.0546. The van der Waals surface area contributed by atoms with Crippen molar-refractivity contribution in [1.82, 2.24) is 20.2 Å². The number of carbonyl (C=O) groups is 2. The van der Waals surface area contributed by atoms with Crippen LogP contribution >= 0.6 is 0 Å². The number of likely N-dealkylation sites (N-methyl/N-ethyl adjacent to an activating group) is 1. The zero-order chi connectivity index (χ0) is 19.9. The first kappa shape index (κ1) is 19.8. The zero-order valence-electron chi connectivity index (χ0n) is 16.5. The molecule has 0 radical (unpaired) electrons. The summed E-state index contributed by atoms with van der Waals surface area (Å²) in [7, 11) is 1.99. The quantitative estimate of drug-likeness (QED) is 0.754. The van der Waals surface area contributed by atoms with Gasteiger partial charge in [-0.15, -0.1) is 0 Å². The van der Waals surface area contributed by atoms with Crippen molar-refractivity contribution in [3.05, 3.63) is 54.0 Å². The number of likely N-dealkylation sites (tertiary alicyclic amines) is 1. The van der Waals surface area contributed by atoms with E-state index >= 15 is 0 Å². The smallest absolute Gasteiger partial charge is 0.242 e. The van der Waals surface area contributed by atoms with Crippen LogP contribution in [0.4, 0.5) is 5.82 Å². The molecule has 7 nitrogen and oxygen atoms in total. The van der Waals surface area contributed by atoms with E-state index in [0.717, 1.165) is 36.5 Å². The molecule has 3 rings (SSSR count). The predicted octanol–water partition coefficient (Wildman–Crippen LogP) is 1.78. The fourth-order valence-electron chi connectivity index (χ4n) is 3.40. The molecule has 1 aliphatic heterocycles. The Hall–Kier alpha value is -2.96. The van der Waals surface area contributed by atoms with Gasteiger partial charge in [-0.1, -0.05) is 12.1 Å². The van der Waals surface area contributed by atoms with Gasteiger partial charge >= 0.3 is 0 Å². The summed E-state index contributed by atoms with van der Waals surface area (Å²) in [6.07, 6.45) is 5.72. The highest BCUT2D eigenvalue weighted by Gasteiger charge is 2.29. The molecule has 0 spiro atoms. The first-order valence-corrected chi connectivity index (χ1v) is 9.68. The third-order valence-electron chi connectivity index (χ3n) is 5.07. The molecule has 28 heavy (non-hydrogen) atoms. The molecule has 2 amide bonds. The van der Waals surface area contributed by atoms with E-state index in [0.29, 0.717) is 19.5 Å². The molecule has 7 heteroatoms. The van der Waals surface area contributed by atoms with Crippen LogP contribution in [0.2, 0.25) is 0 Å². The maximum atomic E-state index is 12.5. The van der Waals surface area contributed by atoms with Gasteiger partial charge in [-0.2, -0.15) is 0 Å². The molecule has 0 bridgehead atoms. The number of hydrogen-bond acceptors (Lipinski definition) is 5. The molecule has 1 N–H and O–H groups in total. The highest BCUT2D eigenvalue weighted by molar-refractivity contribution is 5.88. The maximum absolute atomic E-state index is 12.5. The molecule has 1 saturated heterocycles. The second-order valence-corrected chi connectivity index (χ2v) is 7.06.